The maximum absolute atomic E-state index is 13.2. The Bertz CT molecular complexity index is 894. The molecule has 1 amide bonds. The topological polar surface area (TPSA) is 76.2 Å². The van der Waals surface area contributed by atoms with E-state index in [9.17, 15) is 14.4 Å². The van der Waals surface area contributed by atoms with Gasteiger partial charge in [-0.15, -0.1) is 0 Å². The normalized spacial score (nSPS) is 16.5. The predicted molar refractivity (Wildman–Crippen MR) is 108 cm³/mol. The molecule has 0 spiro atoms. The molecule has 0 bridgehead atoms. The summed E-state index contributed by atoms with van der Waals surface area (Å²) in [4.78, 5) is 41.5. The number of para-hydroxylation sites is 1. The molecule has 1 aromatic carbocycles. The average molecular weight is 396 g/mol. The monoisotopic (exact) mass is 396 g/mol. The summed E-state index contributed by atoms with van der Waals surface area (Å²) in [7, 11) is 2.49. The number of nitrogens with zero attached hydrogens (tertiary/aromatic N) is 2. The van der Waals surface area contributed by atoms with Crippen LogP contribution in [0.5, 0.6) is 0 Å². The van der Waals surface area contributed by atoms with Crippen LogP contribution < -0.4 is 4.90 Å². The fourth-order valence-electron chi connectivity index (χ4n) is 3.48. The molecular formula is C22H24N2O5. The summed E-state index contributed by atoms with van der Waals surface area (Å²) in [6, 6.07) is 7.03. The number of ether oxygens (including phenoxy) is 2. The summed E-state index contributed by atoms with van der Waals surface area (Å²) in [5.74, 6) is -1.48. The first-order valence-corrected chi connectivity index (χ1v) is 9.51. The Kier molecular flexibility index (Phi) is 6.49. The molecule has 1 aromatic rings. The molecule has 3 rings (SSSR count). The van der Waals surface area contributed by atoms with Crippen LogP contribution in [0, 0.1) is 0 Å². The number of anilines is 1. The highest BCUT2D eigenvalue weighted by molar-refractivity contribution is 6.07. The van der Waals surface area contributed by atoms with Crippen LogP contribution in [0.4, 0.5) is 5.69 Å². The molecule has 2 aliphatic rings. The van der Waals surface area contributed by atoms with Crippen molar-refractivity contribution in [3.05, 3.63) is 65.5 Å². The number of rotatable bonds is 4. The van der Waals surface area contributed by atoms with Crippen LogP contribution in [-0.2, 0) is 19.1 Å². The van der Waals surface area contributed by atoms with E-state index in [1.165, 1.54) is 25.2 Å². The second-order valence-electron chi connectivity index (χ2n) is 6.69. The molecule has 0 N–H and O–H groups in total. The fourth-order valence-corrected chi connectivity index (χ4v) is 3.48. The van der Waals surface area contributed by atoms with Gasteiger partial charge in [0, 0.05) is 19.3 Å². The van der Waals surface area contributed by atoms with Crippen molar-refractivity contribution in [2.75, 3.05) is 32.2 Å². The number of piperidine rings is 1. The summed E-state index contributed by atoms with van der Waals surface area (Å²) in [5.41, 5.74) is 0.976. The van der Waals surface area contributed by atoms with Crippen molar-refractivity contribution < 1.29 is 23.9 Å². The lowest BCUT2D eigenvalue weighted by atomic mass is 10.1. The lowest BCUT2D eigenvalue weighted by Gasteiger charge is -2.30. The van der Waals surface area contributed by atoms with E-state index >= 15 is 0 Å². The van der Waals surface area contributed by atoms with Gasteiger partial charge in [0.2, 0.25) is 0 Å². The quantitative estimate of drug-likeness (QED) is 0.729. The number of amides is 1. The molecule has 1 saturated heterocycles. The van der Waals surface area contributed by atoms with Crippen LogP contribution in [0.2, 0.25) is 0 Å². The number of carbonyl (C=O) groups excluding carboxylic acids is 3. The average Bonchev–Trinajstić information content (AvgIpc) is 3.01. The van der Waals surface area contributed by atoms with Crippen LogP contribution in [0.15, 0.2) is 60.0 Å². The van der Waals surface area contributed by atoms with Crippen molar-refractivity contribution in [2.24, 2.45) is 0 Å². The molecule has 0 unspecified atom stereocenters. The summed E-state index contributed by atoms with van der Waals surface area (Å²) in [5, 5.41) is 0. The first kappa shape index (κ1) is 20.4. The SMILES string of the molecule is COC(=O)C1=C(C(=O)OC)N(c2ccccc2C(=O)N2CCCCC2)C=CC=C1. The fraction of sp³-hybridized carbons (Fsp3) is 0.318. The molecule has 152 valence electrons. The maximum atomic E-state index is 13.2. The number of likely N-dealkylation sites (tertiary alicyclic amines) is 1. The van der Waals surface area contributed by atoms with Crippen LogP contribution in [0.25, 0.3) is 0 Å². The van der Waals surface area contributed by atoms with Gasteiger partial charge in [0.1, 0.15) is 5.70 Å². The third-order valence-electron chi connectivity index (χ3n) is 4.93. The zero-order valence-electron chi connectivity index (χ0n) is 16.6. The van der Waals surface area contributed by atoms with Gasteiger partial charge >= 0.3 is 11.9 Å². The van der Waals surface area contributed by atoms with Gasteiger partial charge in [-0.05, 0) is 43.5 Å². The van der Waals surface area contributed by atoms with Crippen LogP contribution in [0.1, 0.15) is 29.6 Å². The van der Waals surface area contributed by atoms with Crippen molar-refractivity contribution in [1.29, 1.82) is 0 Å². The van der Waals surface area contributed by atoms with Crippen molar-refractivity contribution in [3.8, 4) is 0 Å². The summed E-state index contributed by atoms with van der Waals surface area (Å²) in [6.45, 7) is 1.41. The van der Waals surface area contributed by atoms with Crippen molar-refractivity contribution in [3.63, 3.8) is 0 Å². The maximum Gasteiger partial charge on any atom is 0.355 e. The molecule has 7 heteroatoms. The van der Waals surface area contributed by atoms with Gasteiger partial charge in [-0.2, -0.15) is 0 Å². The van der Waals surface area contributed by atoms with Crippen molar-refractivity contribution >= 4 is 23.5 Å². The third kappa shape index (κ3) is 4.23. The molecular weight excluding hydrogens is 372 g/mol. The number of methoxy groups -OCH3 is 2. The smallest absolute Gasteiger partial charge is 0.355 e. The summed E-state index contributed by atoms with van der Waals surface area (Å²) in [6.07, 6.45) is 9.49. The van der Waals surface area contributed by atoms with E-state index in [-0.39, 0.29) is 17.2 Å². The highest BCUT2D eigenvalue weighted by atomic mass is 16.5. The van der Waals surface area contributed by atoms with Crippen LogP contribution >= 0.6 is 0 Å². The Morgan fingerprint density at radius 3 is 2.28 bits per heavy atom. The molecule has 1 fully saturated rings. The number of allylic oxidation sites excluding steroid dienone is 2. The first-order chi connectivity index (χ1) is 14.1. The van der Waals surface area contributed by atoms with E-state index in [2.05, 4.69) is 0 Å². The molecule has 0 saturated carbocycles. The van der Waals surface area contributed by atoms with E-state index in [1.807, 2.05) is 4.90 Å². The molecule has 2 heterocycles. The van der Waals surface area contributed by atoms with Crippen LogP contribution in [-0.4, -0.2) is 50.1 Å². The minimum atomic E-state index is -0.707. The first-order valence-electron chi connectivity index (χ1n) is 9.51. The van der Waals surface area contributed by atoms with Crippen molar-refractivity contribution in [1.82, 2.24) is 4.90 Å². The van der Waals surface area contributed by atoms with Gasteiger partial charge in [-0.3, -0.25) is 4.79 Å². The summed E-state index contributed by atoms with van der Waals surface area (Å²) >= 11 is 0. The van der Waals surface area contributed by atoms with E-state index in [1.54, 1.807) is 42.6 Å². The predicted octanol–water partition coefficient (Wildman–Crippen LogP) is 2.80. The number of benzene rings is 1. The van der Waals surface area contributed by atoms with E-state index in [4.69, 9.17) is 9.47 Å². The second kappa shape index (κ2) is 9.23. The van der Waals surface area contributed by atoms with Gasteiger partial charge in [-0.25, -0.2) is 9.59 Å². The molecule has 0 atom stereocenters. The number of hydrogen-bond acceptors (Lipinski definition) is 6. The highest BCUT2D eigenvalue weighted by Crippen LogP contribution is 2.30. The second-order valence-corrected chi connectivity index (χ2v) is 6.69. The Morgan fingerprint density at radius 2 is 1.59 bits per heavy atom. The molecule has 0 radical (unpaired) electrons. The largest absolute Gasteiger partial charge is 0.465 e. The lowest BCUT2D eigenvalue weighted by molar-refractivity contribution is -0.139. The summed E-state index contributed by atoms with van der Waals surface area (Å²) < 4.78 is 9.77. The van der Waals surface area contributed by atoms with Gasteiger partial charge < -0.3 is 19.3 Å². The minimum Gasteiger partial charge on any atom is -0.465 e. The Labute approximate surface area is 169 Å². The molecule has 7 nitrogen and oxygen atoms in total. The van der Waals surface area contributed by atoms with Gasteiger partial charge in [-0.1, -0.05) is 18.2 Å². The highest BCUT2D eigenvalue weighted by Gasteiger charge is 2.30. The number of carbonyl (C=O) groups is 3. The molecule has 0 aliphatic carbocycles. The van der Waals surface area contributed by atoms with E-state index in [0.29, 0.717) is 24.3 Å². The van der Waals surface area contributed by atoms with Gasteiger partial charge in [0.15, 0.2) is 0 Å². The zero-order chi connectivity index (χ0) is 20.8. The van der Waals surface area contributed by atoms with Gasteiger partial charge in [0.05, 0.1) is 31.0 Å². The van der Waals surface area contributed by atoms with Crippen LogP contribution in [0.3, 0.4) is 0 Å². The molecule has 0 aromatic heterocycles. The zero-order valence-corrected chi connectivity index (χ0v) is 16.6. The third-order valence-corrected chi connectivity index (χ3v) is 4.93. The van der Waals surface area contributed by atoms with E-state index in [0.717, 1.165) is 19.3 Å². The number of esters is 2. The Morgan fingerprint density at radius 1 is 0.897 bits per heavy atom. The molecule has 2 aliphatic heterocycles. The molecule has 29 heavy (non-hydrogen) atoms. The Hall–Kier alpha value is -3.35. The lowest BCUT2D eigenvalue weighted by Crippen LogP contribution is -2.37. The number of hydrogen-bond donors (Lipinski definition) is 0. The van der Waals surface area contributed by atoms with Gasteiger partial charge in [0.25, 0.3) is 5.91 Å². The standard InChI is InChI=1S/C22H24N2O5/c1-28-21(26)17-11-6-9-15-24(19(17)22(27)29-2)18-12-5-4-10-16(18)20(25)23-13-7-3-8-14-23/h4-6,9-12,15H,3,7-8,13-14H2,1-2H3. The Balaban J connectivity index is 2.12. The van der Waals surface area contributed by atoms with E-state index < -0.39 is 11.9 Å². The van der Waals surface area contributed by atoms with Crippen molar-refractivity contribution in [2.45, 2.75) is 19.3 Å². The minimum absolute atomic E-state index is 0.0109.